The zero-order valence-electron chi connectivity index (χ0n) is 14.3. The second-order valence-corrected chi connectivity index (χ2v) is 5.86. The fourth-order valence-corrected chi connectivity index (χ4v) is 2.19. The fourth-order valence-electron chi connectivity index (χ4n) is 2.19. The van der Waals surface area contributed by atoms with Crippen LogP contribution in [0.5, 0.6) is 0 Å². The molecule has 132 valence electrons. The van der Waals surface area contributed by atoms with Crippen LogP contribution < -0.4 is 10.6 Å². The molecule has 0 spiro atoms. The Morgan fingerprint density at radius 3 is 2.38 bits per heavy atom. The van der Waals surface area contributed by atoms with Gasteiger partial charge in [0.05, 0.1) is 6.54 Å². The number of rotatable bonds is 10. The molecule has 0 fully saturated rings. The summed E-state index contributed by atoms with van der Waals surface area (Å²) in [5.74, 6) is -1.77. The molecule has 0 aliphatic rings. The van der Waals surface area contributed by atoms with Gasteiger partial charge in [-0.3, -0.25) is 9.59 Å². The highest BCUT2D eigenvalue weighted by Crippen LogP contribution is 2.05. The quantitative estimate of drug-likeness (QED) is 0.608. The third-order valence-corrected chi connectivity index (χ3v) is 3.69. The third-order valence-electron chi connectivity index (χ3n) is 3.69. The molecule has 6 nitrogen and oxygen atoms in total. The van der Waals surface area contributed by atoms with E-state index in [1.54, 1.807) is 0 Å². The lowest BCUT2D eigenvalue weighted by atomic mass is 10.1. The first-order valence-electron chi connectivity index (χ1n) is 8.26. The average molecular weight is 334 g/mol. The van der Waals surface area contributed by atoms with Crippen molar-refractivity contribution < 1.29 is 19.5 Å². The summed E-state index contributed by atoms with van der Waals surface area (Å²) in [7, 11) is 0. The van der Waals surface area contributed by atoms with E-state index in [1.807, 2.05) is 38.1 Å². The van der Waals surface area contributed by atoms with Crippen molar-refractivity contribution in [3.63, 3.8) is 0 Å². The van der Waals surface area contributed by atoms with Gasteiger partial charge in [-0.05, 0) is 25.3 Å². The Kier molecular flexibility index (Phi) is 8.54. The van der Waals surface area contributed by atoms with Gasteiger partial charge in [-0.2, -0.15) is 0 Å². The van der Waals surface area contributed by atoms with E-state index in [4.69, 9.17) is 5.11 Å². The minimum atomic E-state index is -1.05. The normalized spacial score (nSPS) is 11.6. The van der Waals surface area contributed by atoms with Crippen LogP contribution in [0.15, 0.2) is 24.3 Å². The van der Waals surface area contributed by atoms with Gasteiger partial charge in [0.2, 0.25) is 11.8 Å². The topological polar surface area (TPSA) is 95.5 Å². The van der Waals surface area contributed by atoms with Crippen LogP contribution in [0.4, 0.5) is 0 Å². The number of unbranched alkanes of at least 4 members (excludes halogenated alkanes) is 1. The van der Waals surface area contributed by atoms with Crippen molar-refractivity contribution in [1.82, 2.24) is 10.6 Å². The highest BCUT2D eigenvalue weighted by Gasteiger charge is 2.19. The van der Waals surface area contributed by atoms with Crippen molar-refractivity contribution in [3.8, 4) is 0 Å². The zero-order chi connectivity index (χ0) is 17.9. The van der Waals surface area contributed by atoms with E-state index >= 15 is 0 Å². The number of benzene rings is 1. The number of hydrogen-bond acceptors (Lipinski definition) is 3. The molecule has 0 unspecified atom stereocenters. The smallest absolute Gasteiger partial charge is 0.326 e. The molecule has 24 heavy (non-hydrogen) atoms. The van der Waals surface area contributed by atoms with E-state index in [0.29, 0.717) is 12.8 Å². The minimum absolute atomic E-state index is 0.206. The first-order chi connectivity index (χ1) is 11.4. The van der Waals surface area contributed by atoms with Gasteiger partial charge in [-0.15, -0.1) is 0 Å². The van der Waals surface area contributed by atoms with Crippen LogP contribution in [0, 0.1) is 6.92 Å². The molecule has 3 N–H and O–H groups in total. The summed E-state index contributed by atoms with van der Waals surface area (Å²) in [5.41, 5.74) is 2.22. The van der Waals surface area contributed by atoms with Crippen molar-refractivity contribution in [2.24, 2.45) is 0 Å². The Balaban J connectivity index is 2.30. The maximum absolute atomic E-state index is 11.8. The second kappa shape index (κ2) is 10.4. The highest BCUT2D eigenvalue weighted by atomic mass is 16.4. The molecule has 1 rings (SSSR count). The molecule has 0 bridgehead atoms. The molecule has 0 aliphatic heterocycles. The SMILES string of the molecule is CCCC[C@H](NC(=O)CNC(=O)CCc1ccc(C)cc1)C(=O)O. The highest BCUT2D eigenvalue weighted by molar-refractivity contribution is 5.87. The van der Waals surface area contributed by atoms with E-state index in [9.17, 15) is 14.4 Å². The molecular formula is C18H26N2O4. The minimum Gasteiger partial charge on any atom is -0.480 e. The van der Waals surface area contributed by atoms with Crippen LogP contribution in [-0.2, 0) is 20.8 Å². The predicted octanol–water partition coefficient (Wildman–Crippen LogP) is 1.80. The van der Waals surface area contributed by atoms with Gasteiger partial charge in [0.1, 0.15) is 6.04 Å². The molecule has 0 saturated carbocycles. The molecule has 6 heteroatoms. The molecule has 1 atom stereocenters. The average Bonchev–Trinajstić information content (AvgIpc) is 2.56. The number of hydrogen-bond donors (Lipinski definition) is 3. The van der Waals surface area contributed by atoms with E-state index < -0.39 is 17.9 Å². The van der Waals surface area contributed by atoms with E-state index in [0.717, 1.165) is 24.0 Å². The Morgan fingerprint density at radius 1 is 1.12 bits per heavy atom. The number of aliphatic carboxylic acids is 1. The number of carboxylic acids is 1. The van der Waals surface area contributed by atoms with Crippen LogP contribution in [0.1, 0.15) is 43.7 Å². The summed E-state index contributed by atoms with van der Waals surface area (Å²) >= 11 is 0. The van der Waals surface area contributed by atoms with E-state index in [1.165, 1.54) is 0 Å². The summed E-state index contributed by atoms with van der Waals surface area (Å²) in [6.45, 7) is 3.75. The van der Waals surface area contributed by atoms with Crippen LogP contribution >= 0.6 is 0 Å². The van der Waals surface area contributed by atoms with Crippen molar-refractivity contribution in [2.45, 2.75) is 52.0 Å². The first kappa shape index (κ1) is 19.7. The van der Waals surface area contributed by atoms with E-state index in [-0.39, 0.29) is 18.9 Å². The van der Waals surface area contributed by atoms with Gasteiger partial charge in [0, 0.05) is 6.42 Å². The number of carboxylic acid groups (broad SMARTS) is 1. The van der Waals surface area contributed by atoms with Gasteiger partial charge in [0.25, 0.3) is 0 Å². The Labute approximate surface area is 142 Å². The first-order valence-corrected chi connectivity index (χ1v) is 8.26. The van der Waals surface area contributed by atoms with Crippen molar-refractivity contribution in [2.75, 3.05) is 6.54 Å². The zero-order valence-corrected chi connectivity index (χ0v) is 14.3. The van der Waals surface area contributed by atoms with E-state index in [2.05, 4.69) is 10.6 Å². The molecule has 1 aromatic carbocycles. The fraction of sp³-hybridized carbons (Fsp3) is 0.500. The standard InChI is InChI=1S/C18H26N2O4/c1-3-4-5-15(18(23)24)20-17(22)12-19-16(21)11-10-14-8-6-13(2)7-9-14/h6-9,15H,3-5,10-12H2,1-2H3,(H,19,21)(H,20,22)(H,23,24)/t15-/m0/s1. The van der Waals surface area contributed by atoms with Crippen molar-refractivity contribution in [1.29, 1.82) is 0 Å². The second-order valence-electron chi connectivity index (χ2n) is 5.86. The largest absolute Gasteiger partial charge is 0.480 e. The van der Waals surface area contributed by atoms with Crippen molar-refractivity contribution in [3.05, 3.63) is 35.4 Å². The number of aryl methyl sites for hydroxylation is 2. The third kappa shape index (κ3) is 7.76. The predicted molar refractivity (Wildman–Crippen MR) is 91.6 cm³/mol. The van der Waals surface area contributed by atoms with Crippen LogP contribution in [0.2, 0.25) is 0 Å². The van der Waals surface area contributed by atoms with Crippen molar-refractivity contribution >= 4 is 17.8 Å². The van der Waals surface area contributed by atoms with Crippen LogP contribution in [0.3, 0.4) is 0 Å². The number of nitrogens with one attached hydrogen (secondary N) is 2. The number of amides is 2. The molecule has 0 saturated heterocycles. The summed E-state index contributed by atoms with van der Waals surface area (Å²) < 4.78 is 0. The Hall–Kier alpha value is -2.37. The van der Waals surface area contributed by atoms with Gasteiger partial charge >= 0.3 is 5.97 Å². The monoisotopic (exact) mass is 334 g/mol. The van der Waals surface area contributed by atoms with Gasteiger partial charge in [-0.1, -0.05) is 49.6 Å². The molecule has 0 aliphatic carbocycles. The molecular weight excluding hydrogens is 308 g/mol. The molecule has 0 aromatic heterocycles. The number of carbonyl (C=O) groups excluding carboxylic acids is 2. The molecule has 0 radical (unpaired) electrons. The maximum atomic E-state index is 11.8. The lowest BCUT2D eigenvalue weighted by Gasteiger charge is -2.14. The Bertz CT molecular complexity index is 555. The Morgan fingerprint density at radius 2 is 1.79 bits per heavy atom. The van der Waals surface area contributed by atoms with Gasteiger partial charge in [-0.25, -0.2) is 4.79 Å². The van der Waals surface area contributed by atoms with Gasteiger partial charge < -0.3 is 15.7 Å². The lowest BCUT2D eigenvalue weighted by molar-refractivity contribution is -0.142. The molecule has 0 heterocycles. The molecule has 2 amide bonds. The summed E-state index contributed by atoms with van der Waals surface area (Å²) in [4.78, 5) is 34.6. The maximum Gasteiger partial charge on any atom is 0.326 e. The lowest BCUT2D eigenvalue weighted by Crippen LogP contribution is -2.45. The summed E-state index contributed by atoms with van der Waals surface area (Å²) in [6, 6.07) is 7.02. The molecule has 1 aromatic rings. The summed E-state index contributed by atoms with van der Waals surface area (Å²) in [6.07, 6.45) is 2.85. The summed E-state index contributed by atoms with van der Waals surface area (Å²) in [5, 5.41) is 14.0. The van der Waals surface area contributed by atoms with Crippen LogP contribution in [-0.4, -0.2) is 35.5 Å². The number of carbonyl (C=O) groups is 3. The van der Waals surface area contributed by atoms with Gasteiger partial charge in [0.15, 0.2) is 0 Å². The van der Waals surface area contributed by atoms with Crippen LogP contribution in [0.25, 0.3) is 0 Å².